The number of hydrogen-bond acceptors (Lipinski definition) is 2. The zero-order valence-electron chi connectivity index (χ0n) is 11.9. The van der Waals surface area contributed by atoms with Crippen molar-refractivity contribution < 1.29 is 9.47 Å². The van der Waals surface area contributed by atoms with Crippen LogP contribution in [0.3, 0.4) is 0 Å². The number of benzene rings is 1. The van der Waals surface area contributed by atoms with Gasteiger partial charge in [0, 0.05) is 11.1 Å². The zero-order chi connectivity index (χ0) is 13.8. The van der Waals surface area contributed by atoms with Gasteiger partial charge in [0.1, 0.15) is 0 Å². The lowest BCUT2D eigenvalue weighted by molar-refractivity contribution is -0.163. The van der Waals surface area contributed by atoms with E-state index in [0.29, 0.717) is 5.92 Å². The van der Waals surface area contributed by atoms with E-state index in [4.69, 9.17) is 9.47 Å². The lowest BCUT2D eigenvalue weighted by Crippen LogP contribution is -2.23. The van der Waals surface area contributed by atoms with Gasteiger partial charge in [-0.2, -0.15) is 0 Å². The van der Waals surface area contributed by atoms with Crippen LogP contribution in [0.25, 0.3) is 0 Å². The number of fused-ring (bicyclic) bond motifs is 1. The van der Waals surface area contributed by atoms with Gasteiger partial charge in [-0.1, -0.05) is 22.0 Å². The Hall–Kier alpha value is -0.380. The second-order valence-electron chi connectivity index (χ2n) is 5.89. The van der Waals surface area contributed by atoms with Gasteiger partial charge in [-0.05, 0) is 74.1 Å². The molecular weight excluding hydrogens is 316 g/mol. The molecule has 1 aromatic rings. The van der Waals surface area contributed by atoms with Crippen molar-refractivity contribution in [2.45, 2.75) is 57.2 Å². The molecule has 110 valence electrons. The second-order valence-corrected chi connectivity index (χ2v) is 6.80. The first kappa shape index (κ1) is 14.6. The van der Waals surface area contributed by atoms with Crippen molar-refractivity contribution in [2.24, 2.45) is 0 Å². The van der Waals surface area contributed by atoms with Gasteiger partial charge < -0.3 is 9.47 Å². The summed E-state index contributed by atoms with van der Waals surface area (Å²) in [6.07, 6.45) is 8.48. The summed E-state index contributed by atoms with van der Waals surface area (Å²) in [4.78, 5) is 0. The Morgan fingerprint density at radius 2 is 2.15 bits per heavy atom. The van der Waals surface area contributed by atoms with Crippen molar-refractivity contribution in [1.29, 1.82) is 0 Å². The maximum Gasteiger partial charge on any atom is 0.157 e. The van der Waals surface area contributed by atoms with Crippen LogP contribution < -0.4 is 0 Å². The lowest BCUT2D eigenvalue weighted by Gasteiger charge is -2.27. The Bertz CT molecular complexity index is 441. The fourth-order valence-corrected chi connectivity index (χ4v) is 3.78. The van der Waals surface area contributed by atoms with E-state index in [9.17, 15) is 0 Å². The van der Waals surface area contributed by atoms with Gasteiger partial charge in [-0.25, -0.2) is 0 Å². The van der Waals surface area contributed by atoms with Crippen LogP contribution in [-0.2, 0) is 15.9 Å². The minimum atomic E-state index is 0.0525. The van der Waals surface area contributed by atoms with Crippen LogP contribution in [0, 0.1) is 0 Å². The van der Waals surface area contributed by atoms with Gasteiger partial charge in [0.2, 0.25) is 0 Å². The van der Waals surface area contributed by atoms with Crippen LogP contribution >= 0.6 is 15.9 Å². The van der Waals surface area contributed by atoms with Crippen molar-refractivity contribution in [2.75, 3.05) is 13.2 Å². The van der Waals surface area contributed by atoms with Crippen LogP contribution in [0.1, 0.15) is 55.6 Å². The molecular formula is C17H23BrO2. The summed E-state index contributed by atoms with van der Waals surface area (Å²) in [5.74, 6) is 0.662. The number of rotatable bonds is 4. The summed E-state index contributed by atoms with van der Waals surface area (Å²) in [5, 5.41) is 0. The van der Waals surface area contributed by atoms with E-state index in [1.54, 1.807) is 0 Å². The van der Waals surface area contributed by atoms with E-state index >= 15 is 0 Å². The predicted molar refractivity (Wildman–Crippen MR) is 84.0 cm³/mol. The molecule has 0 spiro atoms. The highest BCUT2D eigenvalue weighted by Crippen LogP contribution is 2.35. The Kier molecular flexibility index (Phi) is 5.14. The first-order valence-electron chi connectivity index (χ1n) is 7.84. The third kappa shape index (κ3) is 3.63. The van der Waals surface area contributed by atoms with Crippen molar-refractivity contribution in [3.8, 4) is 0 Å². The largest absolute Gasteiger partial charge is 0.353 e. The smallest absolute Gasteiger partial charge is 0.157 e. The SMILES string of the molecule is Brc1ccc2c(c1)CCC[C@H]2CCO[C@H]1CCCCO1. The zero-order valence-corrected chi connectivity index (χ0v) is 13.5. The summed E-state index contributed by atoms with van der Waals surface area (Å²) < 4.78 is 12.7. The summed E-state index contributed by atoms with van der Waals surface area (Å²) in [6, 6.07) is 6.75. The van der Waals surface area contributed by atoms with Crippen molar-refractivity contribution in [1.82, 2.24) is 0 Å². The number of hydrogen-bond donors (Lipinski definition) is 0. The molecule has 1 saturated heterocycles. The number of aryl methyl sites for hydroxylation is 1. The van der Waals surface area contributed by atoms with Gasteiger partial charge >= 0.3 is 0 Å². The molecule has 2 aliphatic rings. The average molecular weight is 339 g/mol. The van der Waals surface area contributed by atoms with Crippen molar-refractivity contribution in [3.63, 3.8) is 0 Å². The van der Waals surface area contributed by atoms with Gasteiger partial charge in [-0.3, -0.25) is 0 Å². The molecule has 3 rings (SSSR count). The molecule has 1 heterocycles. The standard InChI is InChI=1S/C17H23BrO2/c18-15-7-8-16-13(4-3-5-14(16)12-15)9-11-20-17-6-1-2-10-19-17/h7-8,12-13,17H,1-6,9-11H2/t13-,17-/m0/s1. The van der Waals surface area contributed by atoms with Crippen LogP contribution in [0.4, 0.5) is 0 Å². The van der Waals surface area contributed by atoms with Crippen LogP contribution in [-0.4, -0.2) is 19.5 Å². The van der Waals surface area contributed by atoms with E-state index in [2.05, 4.69) is 34.1 Å². The third-order valence-electron chi connectivity index (χ3n) is 4.45. The van der Waals surface area contributed by atoms with Crippen molar-refractivity contribution in [3.05, 3.63) is 33.8 Å². The summed E-state index contributed by atoms with van der Waals surface area (Å²) in [7, 11) is 0. The second kappa shape index (κ2) is 7.06. The van der Waals surface area contributed by atoms with E-state index < -0.39 is 0 Å². The number of halogens is 1. The normalized spacial score (nSPS) is 26.2. The van der Waals surface area contributed by atoms with Gasteiger partial charge in [0.05, 0.1) is 6.61 Å². The molecule has 3 heteroatoms. The van der Waals surface area contributed by atoms with E-state index in [1.807, 2.05) is 0 Å². The minimum absolute atomic E-state index is 0.0525. The highest BCUT2D eigenvalue weighted by atomic mass is 79.9. The Morgan fingerprint density at radius 3 is 3.00 bits per heavy atom. The fourth-order valence-electron chi connectivity index (χ4n) is 3.37. The van der Waals surface area contributed by atoms with Gasteiger partial charge in [0.25, 0.3) is 0 Å². The molecule has 0 unspecified atom stereocenters. The molecule has 0 radical (unpaired) electrons. The van der Waals surface area contributed by atoms with Crippen LogP contribution in [0.2, 0.25) is 0 Å². The molecule has 1 fully saturated rings. The molecule has 20 heavy (non-hydrogen) atoms. The first-order valence-corrected chi connectivity index (χ1v) is 8.64. The van der Waals surface area contributed by atoms with E-state index in [1.165, 1.54) is 47.7 Å². The Balaban J connectivity index is 1.53. The maximum atomic E-state index is 5.89. The summed E-state index contributed by atoms with van der Waals surface area (Å²) in [5.41, 5.74) is 3.05. The molecule has 1 aromatic carbocycles. The van der Waals surface area contributed by atoms with E-state index in [0.717, 1.165) is 26.1 Å². The highest BCUT2D eigenvalue weighted by molar-refractivity contribution is 9.10. The monoisotopic (exact) mass is 338 g/mol. The molecule has 0 saturated carbocycles. The fraction of sp³-hybridized carbons (Fsp3) is 0.647. The molecule has 2 nitrogen and oxygen atoms in total. The molecule has 0 aromatic heterocycles. The molecule has 1 aliphatic heterocycles. The highest BCUT2D eigenvalue weighted by Gasteiger charge is 2.21. The maximum absolute atomic E-state index is 5.89. The average Bonchev–Trinajstić information content (AvgIpc) is 2.48. The van der Waals surface area contributed by atoms with Crippen LogP contribution in [0.15, 0.2) is 22.7 Å². The lowest BCUT2D eigenvalue weighted by atomic mass is 9.81. The predicted octanol–water partition coefficient (Wildman–Crippen LogP) is 4.80. The van der Waals surface area contributed by atoms with Gasteiger partial charge in [0.15, 0.2) is 6.29 Å². The summed E-state index contributed by atoms with van der Waals surface area (Å²) >= 11 is 3.57. The Morgan fingerprint density at radius 1 is 1.20 bits per heavy atom. The molecule has 1 aliphatic carbocycles. The first-order chi connectivity index (χ1) is 9.83. The Labute approximate surface area is 130 Å². The molecule has 0 amide bonds. The van der Waals surface area contributed by atoms with Crippen molar-refractivity contribution >= 4 is 15.9 Å². The van der Waals surface area contributed by atoms with E-state index in [-0.39, 0.29) is 6.29 Å². The molecule has 2 atom stereocenters. The van der Waals surface area contributed by atoms with Crippen LogP contribution in [0.5, 0.6) is 0 Å². The number of ether oxygens (including phenoxy) is 2. The quantitative estimate of drug-likeness (QED) is 0.784. The summed E-state index contributed by atoms with van der Waals surface area (Å²) in [6.45, 7) is 1.69. The third-order valence-corrected chi connectivity index (χ3v) is 4.94. The van der Waals surface area contributed by atoms with Gasteiger partial charge in [-0.15, -0.1) is 0 Å². The minimum Gasteiger partial charge on any atom is -0.353 e. The topological polar surface area (TPSA) is 18.5 Å². The molecule has 0 bridgehead atoms. The molecule has 0 N–H and O–H groups in total.